The van der Waals surface area contributed by atoms with Gasteiger partial charge in [0.15, 0.2) is 0 Å². The average Bonchev–Trinajstić information content (AvgIpc) is 2.03. The molecule has 0 unspecified atom stereocenters. The first-order chi connectivity index (χ1) is 5.29. The number of carboxylic acids is 1. The largest absolute Gasteiger partial charge is 0.480 e. The van der Waals surface area contributed by atoms with E-state index in [9.17, 15) is 4.79 Å². The molecule has 5 heteroatoms. The SMILES string of the molecule is O=C(O)CNc1n[c]ccn1. The molecule has 0 atom stereocenters. The molecule has 5 nitrogen and oxygen atoms in total. The maximum Gasteiger partial charge on any atom is 0.322 e. The van der Waals surface area contributed by atoms with E-state index < -0.39 is 5.97 Å². The van der Waals surface area contributed by atoms with Crippen molar-refractivity contribution < 1.29 is 9.90 Å². The molecule has 0 saturated heterocycles. The van der Waals surface area contributed by atoms with Gasteiger partial charge < -0.3 is 10.4 Å². The maximum absolute atomic E-state index is 10.0. The zero-order valence-electron chi connectivity index (χ0n) is 5.61. The van der Waals surface area contributed by atoms with E-state index in [-0.39, 0.29) is 12.5 Å². The second kappa shape index (κ2) is 3.50. The molecule has 0 spiro atoms. The highest BCUT2D eigenvalue weighted by Crippen LogP contribution is 1.90. The van der Waals surface area contributed by atoms with Crippen LogP contribution in [0.5, 0.6) is 0 Å². The third-order valence-corrected chi connectivity index (χ3v) is 0.914. The molecule has 1 radical (unpaired) electrons. The molecule has 0 aliphatic heterocycles. The van der Waals surface area contributed by atoms with Gasteiger partial charge in [-0.3, -0.25) is 4.79 Å². The van der Waals surface area contributed by atoms with Gasteiger partial charge >= 0.3 is 5.97 Å². The number of hydrogen-bond acceptors (Lipinski definition) is 4. The van der Waals surface area contributed by atoms with E-state index in [0.29, 0.717) is 0 Å². The first-order valence-electron chi connectivity index (χ1n) is 2.94. The van der Waals surface area contributed by atoms with Crippen LogP contribution in [0.15, 0.2) is 12.3 Å². The molecule has 0 bridgehead atoms. The third-order valence-electron chi connectivity index (χ3n) is 0.914. The molecule has 1 rings (SSSR count). The number of rotatable bonds is 3. The number of anilines is 1. The minimum Gasteiger partial charge on any atom is -0.480 e. The van der Waals surface area contributed by atoms with Crippen LogP contribution >= 0.6 is 0 Å². The summed E-state index contributed by atoms with van der Waals surface area (Å²) in [4.78, 5) is 17.4. The number of aliphatic carboxylic acids is 1. The number of nitrogens with zero attached hydrogens (tertiary/aromatic N) is 2. The quantitative estimate of drug-likeness (QED) is 0.625. The minimum atomic E-state index is -0.947. The Kier molecular flexibility index (Phi) is 2.37. The number of carbonyl (C=O) groups is 1. The molecule has 0 aromatic carbocycles. The number of carboxylic acid groups (broad SMARTS) is 1. The van der Waals surface area contributed by atoms with Gasteiger partial charge in [0.2, 0.25) is 5.95 Å². The van der Waals surface area contributed by atoms with Crippen molar-refractivity contribution in [2.45, 2.75) is 0 Å². The molecule has 57 valence electrons. The lowest BCUT2D eigenvalue weighted by Crippen LogP contribution is -2.13. The van der Waals surface area contributed by atoms with Crippen molar-refractivity contribution in [1.82, 2.24) is 9.97 Å². The Hall–Kier alpha value is -1.65. The fourth-order valence-electron chi connectivity index (χ4n) is 0.508. The topological polar surface area (TPSA) is 75.1 Å². The summed E-state index contributed by atoms with van der Waals surface area (Å²) in [5.41, 5.74) is 0. The Morgan fingerprint density at radius 2 is 2.64 bits per heavy atom. The van der Waals surface area contributed by atoms with Crippen molar-refractivity contribution in [3.8, 4) is 0 Å². The predicted molar refractivity (Wildman–Crippen MR) is 37.0 cm³/mol. The highest BCUT2D eigenvalue weighted by atomic mass is 16.4. The van der Waals surface area contributed by atoms with Gasteiger partial charge in [-0.05, 0) is 6.07 Å². The molecule has 2 N–H and O–H groups in total. The van der Waals surface area contributed by atoms with Gasteiger partial charge in [-0.1, -0.05) is 0 Å². The van der Waals surface area contributed by atoms with Crippen LogP contribution in [0.4, 0.5) is 5.95 Å². The molecule has 0 amide bonds. The van der Waals surface area contributed by atoms with Gasteiger partial charge in [-0.15, -0.1) is 0 Å². The number of nitrogens with one attached hydrogen (secondary N) is 1. The Balaban J connectivity index is 2.45. The van der Waals surface area contributed by atoms with Gasteiger partial charge in [0, 0.05) is 6.20 Å². The summed E-state index contributed by atoms with van der Waals surface area (Å²) < 4.78 is 0. The molecular formula is C6H6N3O2. The Morgan fingerprint density at radius 1 is 1.82 bits per heavy atom. The fourth-order valence-corrected chi connectivity index (χ4v) is 0.508. The molecule has 0 aliphatic carbocycles. The van der Waals surface area contributed by atoms with Gasteiger partial charge in [-0.25, -0.2) is 9.97 Å². The highest BCUT2D eigenvalue weighted by molar-refractivity contribution is 5.71. The Labute approximate surface area is 63.1 Å². The summed E-state index contributed by atoms with van der Waals surface area (Å²) in [6.45, 7) is -0.183. The van der Waals surface area contributed by atoms with E-state index in [1.165, 1.54) is 12.3 Å². The Bertz CT molecular complexity index is 237. The monoisotopic (exact) mass is 152 g/mol. The van der Waals surface area contributed by atoms with Crippen LogP contribution in [0.1, 0.15) is 0 Å². The molecule has 0 fully saturated rings. The summed E-state index contributed by atoms with van der Waals surface area (Å²) in [6, 6.07) is 1.53. The van der Waals surface area contributed by atoms with E-state index in [2.05, 4.69) is 21.5 Å². The van der Waals surface area contributed by atoms with Gasteiger partial charge in [-0.2, -0.15) is 0 Å². The van der Waals surface area contributed by atoms with Crippen LogP contribution in [-0.2, 0) is 4.79 Å². The second-order valence-corrected chi connectivity index (χ2v) is 1.76. The molecule has 0 saturated carbocycles. The van der Waals surface area contributed by atoms with Crippen LogP contribution in [0, 0.1) is 6.20 Å². The van der Waals surface area contributed by atoms with E-state index in [4.69, 9.17) is 5.11 Å². The van der Waals surface area contributed by atoms with Crippen molar-refractivity contribution in [2.75, 3.05) is 11.9 Å². The maximum atomic E-state index is 10.0. The van der Waals surface area contributed by atoms with Crippen molar-refractivity contribution >= 4 is 11.9 Å². The second-order valence-electron chi connectivity index (χ2n) is 1.76. The van der Waals surface area contributed by atoms with E-state index in [0.717, 1.165) is 0 Å². The van der Waals surface area contributed by atoms with Crippen LogP contribution in [-0.4, -0.2) is 27.6 Å². The molecule has 1 heterocycles. The van der Waals surface area contributed by atoms with E-state index >= 15 is 0 Å². The number of hydrogen-bond donors (Lipinski definition) is 2. The smallest absolute Gasteiger partial charge is 0.322 e. The van der Waals surface area contributed by atoms with E-state index in [1.807, 2.05) is 0 Å². The third kappa shape index (κ3) is 2.61. The summed E-state index contributed by atoms with van der Waals surface area (Å²) in [5.74, 6) is -0.674. The predicted octanol–water partition coefficient (Wildman–Crippen LogP) is -0.227. The lowest BCUT2D eigenvalue weighted by atomic mass is 10.6. The zero-order valence-corrected chi connectivity index (χ0v) is 5.61. The zero-order chi connectivity index (χ0) is 8.10. The van der Waals surface area contributed by atoms with Gasteiger partial charge in [0.1, 0.15) is 6.54 Å². The highest BCUT2D eigenvalue weighted by Gasteiger charge is 1.96. The summed E-state index contributed by atoms with van der Waals surface area (Å²) in [5, 5.41) is 10.7. The van der Waals surface area contributed by atoms with Crippen molar-refractivity contribution in [2.24, 2.45) is 0 Å². The molecular weight excluding hydrogens is 146 g/mol. The summed E-state index contributed by atoms with van der Waals surface area (Å²) in [6.07, 6.45) is 4.00. The molecule has 11 heavy (non-hydrogen) atoms. The normalized spacial score (nSPS) is 9.09. The first-order valence-corrected chi connectivity index (χ1v) is 2.94. The standard InChI is InChI=1S/C6H6N3O2/c10-5(11)4-9-6-7-2-1-3-8-6/h1-2H,4H2,(H,10,11)(H,7,8,9). The fraction of sp³-hybridized carbons (Fsp3) is 0.167. The lowest BCUT2D eigenvalue weighted by Gasteiger charge is -1.97. The van der Waals surface area contributed by atoms with Crippen molar-refractivity contribution in [1.29, 1.82) is 0 Å². The van der Waals surface area contributed by atoms with E-state index in [1.54, 1.807) is 0 Å². The molecule has 0 aliphatic rings. The minimum absolute atomic E-state index is 0.183. The average molecular weight is 152 g/mol. The number of aromatic nitrogens is 2. The van der Waals surface area contributed by atoms with Gasteiger partial charge in [0.05, 0.1) is 6.20 Å². The Morgan fingerprint density at radius 3 is 3.18 bits per heavy atom. The molecule has 1 aromatic heterocycles. The van der Waals surface area contributed by atoms with Crippen LogP contribution in [0.2, 0.25) is 0 Å². The van der Waals surface area contributed by atoms with Crippen LogP contribution in [0.3, 0.4) is 0 Å². The van der Waals surface area contributed by atoms with Gasteiger partial charge in [0.25, 0.3) is 0 Å². The van der Waals surface area contributed by atoms with Crippen LogP contribution in [0.25, 0.3) is 0 Å². The summed E-state index contributed by atoms with van der Waals surface area (Å²) >= 11 is 0. The van der Waals surface area contributed by atoms with Crippen LogP contribution < -0.4 is 5.32 Å². The van der Waals surface area contributed by atoms with Crippen molar-refractivity contribution in [3.63, 3.8) is 0 Å². The summed E-state index contributed by atoms with van der Waals surface area (Å²) in [7, 11) is 0. The van der Waals surface area contributed by atoms with Crippen molar-refractivity contribution in [3.05, 3.63) is 18.5 Å². The lowest BCUT2D eigenvalue weighted by molar-refractivity contribution is -0.134. The molecule has 1 aromatic rings. The first kappa shape index (κ1) is 7.46.